The minimum Gasteiger partial charge on any atom is -0.246 e. The van der Waals surface area contributed by atoms with Crippen molar-refractivity contribution in [3.63, 3.8) is 0 Å². The average molecular weight is 99.1 g/mol. The summed E-state index contributed by atoms with van der Waals surface area (Å²) >= 11 is 0. The largest absolute Gasteiger partial charge is 0.246 e. The van der Waals surface area contributed by atoms with E-state index >= 15 is 0 Å². The van der Waals surface area contributed by atoms with E-state index in [2.05, 4.69) is 0 Å². The molecule has 0 bridgehead atoms. The summed E-state index contributed by atoms with van der Waals surface area (Å²) in [6, 6.07) is 0. The van der Waals surface area contributed by atoms with Gasteiger partial charge in [0.25, 0.3) is 0 Å². The Labute approximate surface area is 43.0 Å². The van der Waals surface area contributed by atoms with E-state index in [0.29, 0.717) is 0 Å². The standard InChI is InChI=1S/C6H8F/c7-5-6-3-1-2-4-6/h1,3H,2,4-5H2. The van der Waals surface area contributed by atoms with Crippen LogP contribution in [0.5, 0.6) is 0 Å². The number of halogens is 1. The highest BCUT2D eigenvalue weighted by Crippen LogP contribution is 2.15. The average Bonchev–Trinajstić information content (AvgIpc) is 2.14. The van der Waals surface area contributed by atoms with Crippen molar-refractivity contribution in [2.24, 2.45) is 0 Å². The van der Waals surface area contributed by atoms with Crippen LogP contribution in [0.3, 0.4) is 0 Å². The van der Waals surface area contributed by atoms with E-state index < -0.39 is 0 Å². The normalized spacial score (nSPS) is 19.9. The van der Waals surface area contributed by atoms with E-state index in [1.54, 1.807) is 0 Å². The van der Waals surface area contributed by atoms with E-state index in [0.717, 1.165) is 18.4 Å². The fourth-order valence-corrected chi connectivity index (χ4v) is 0.713. The quantitative estimate of drug-likeness (QED) is 0.471. The van der Waals surface area contributed by atoms with Gasteiger partial charge in [0.15, 0.2) is 0 Å². The Hall–Kier alpha value is -0.330. The molecule has 1 rings (SSSR count). The lowest BCUT2D eigenvalue weighted by molar-refractivity contribution is 0.535. The predicted molar refractivity (Wildman–Crippen MR) is 27.6 cm³/mol. The number of hydrogen-bond donors (Lipinski definition) is 0. The fraction of sp³-hybridized carbons (Fsp3) is 0.500. The highest BCUT2D eigenvalue weighted by molar-refractivity contribution is 5.15. The molecule has 0 aliphatic heterocycles. The minimum atomic E-state index is -0.253. The van der Waals surface area contributed by atoms with Gasteiger partial charge in [-0.1, -0.05) is 6.08 Å². The lowest BCUT2D eigenvalue weighted by Crippen LogP contribution is -1.75. The van der Waals surface area contributed by atoms with E-state index in [1.807, 2.05) is 12.5 Å². The molecular weight excluding hydrogens is 91.1 g/mol. The third-order valence-electron chi connectivity index (χ3n) is 1.16. The summed E-state index contributed by atoms with van der Waals surface area (Å²) in [5.74, 6) is 0. The molecule has 0 atom stereocenters. The van der Waals surface area contributed by atoms with Gasteiger partial charge >= 0.3 is 0 Å². The van der Waals surface area contributed by atoms with Crippen LogP contribution in [0.25, 0.3) is 0 Å². The molecule has 1 heteroatoms. The Morgan fingerprint density at radius 1 is 1.71 bits per heavy atom. The van der Waals surface area contributed by atoms with Crippen molar-refractivity contribution < 1.29 is 4.39 Å². The molecule has 0 N–H and O–H groups in total. The van der Waals surface area contributed by atoms with Crippen LogP contribution in [0, 0.1) is 6.42 Å². The van der Waals surface area contributed by atoms with E-state index in [1.165, 1.54) is 0 Å². The molecule has 0 nitrogen and oxygen atoms in total. The Bertz CT molecular complexity index is 84.2. The molecule has 7 heavy (non-hydrogen) atoms. The van der Waals surface area contributed by atoms with Gasteiger partial charge in [-0.3, -0.25) is 0 Å². The highest BCUT2D eigenvalue weighted by atomic mass is 19.1. The summed E-state index contributed by atoms with van der Waals surface area (Å²) in [6.07, 6.45) is 5.87. The molecule has 1 aliphatic carbocycles. The van der Waals surface area contributed by atoms with Crippen LogP contribution in [0.1, 0.15) is 12.8 Å². The first-order chi connectivity index (χ1) is 3.43. The third-order valence-corrected chi connectivity index (χ3v) is 1.16. The van der Waals surface area contributed by atoms with Gasteiger partial charge in [0.1, 0.15) is 6.67 Å². The second-order valence-electron chi connectivity index (χ2n) is 1.73. The SMILES string of the molecule is FCC1=C[CH]CC1. The summed E-state index contributed by atoms with van der Waals surface area (Å²) in [5, 5.41) is 0. The Morgan fingerprint density at radius 3 is 2.86 bits per heavy atom. The second kappa shape index (κ2) is 2.10. The molecule has 39 valence electrons. The Balaban J connectivity index is 2.36. The van der Waals surface area contributed by atoms with Crippen LogP contribution in [-0.4, -0.2) is 6.67 Å². The van der Waals surface area contributed by atoms with Gasteiger partial charge in [0, 0.05) is 0 Å². The summed E-state index contributed by atoms with van der Waals surface area (Å²) in [4.78, 5) is 0. The smallest absolute Gasteiger partial charge is 0.111 e. The molecule has 0 aromatic rings. The van der Waals surface area contributed by atoms with Crippen LogP contribution >= 0.6 is 0 Å². The van der Waals surface area contributed by atoms with Crippen LogP contribution in [0.2, 0.25) is 0 Å². The van der Waals surface area contributed by atoms with E-state index in [4.69, 9.17) is 0 Å². The first-order valence-corrected chi connectivity index (χ1v) is 2.50. The second-order valence-corrected chi connectivity index (χ2v) is 1.73. The number of alkyl halides is 1. The van der Waals surface area contributed by atoms with Crippen molar-refractivity contribution in [3.8, 4) is 0 Å². The molecule has 0 aromatic carbocycles. The van der Waals surface area contributed by atoms with Crippen LogP contribution in [0.4, 0.5) is 4.39 Å². The van der Waals surface area contributed by atoms with Crippen molar-refractivity contribution in [1.82, 2.24) is 0 Å². The molecule has 0 amide bonds. The fourth-order valence-electron chi connectivity index (χ4n) is 0.713. The van der Waals surface area contributed by atoms with Crippen molar-refractivity contribution in [1.29, 1.82) is 0 Å². The maximum Gasteiger partial charge on any atom is 0.111 e. The zero-order chi connectivity index (χ0) is 5.11. The van der Waals surface area contributed by atoms with Gasteiger partial charge < -0.3 is 0 Å². The third kappa shape index (κ3) is 1.02. The minimum absolute atomic E-state index is 0.253. The molecule has 1 aliphatic rings. The van der Waals surface area contributed by atoms with Gasteiger partial charge in [-0.15, -0.1) is 0 Å². The predicted octanol–water partition coefficient (Wildman–Crippen LogP) is 1.88. The van der Waals surface area contributed by atoms with Gasteiger partial charge in [0.05, 0.1) is 0 Å². The van der Waals surface area contributed by atoms with Gasteiger partial charge in [-0.05, 0) is 24.8 Å². The molecule has 1 radical (unpaired) electrons. The van der Waals surface area contributed by atoms with Gasteiger partial charge in [-0.25, -0.2) is 4.39 Å². The zero-order valence-electron chi connectivity index (χ0n) is 4.15. The molecule has 0 saturated carbocycles. The zero-order valence-corrected chi connectivity index (χ0v) is 4.15. The molecular formula is C6H8F. The maximum atomic E-state index is 11.6. The maximum absolute atomic E-state index is 11.6. The summed E-state index contributed by atoms with van der Waals surface area (Å²) in [7, 11) is 0. The lowest BCUT2D eigenvalue weighted by Gasteiger charge is -1.85. The summed E-state index contributed by atoms with van der Waals surface area (Å²) < 4.78 is 11.6. The van der Waals surface area contributed by atoms with E-state index in [9.17, 15) is 4.39 Å². The highest BCUT2D eigenvalue weighted by Gasteiger charge is 2.01. The van der Waals surface area contributed by atoms with Gasteiger partial charge in [0.2, 0.25) is 0 Å². The summed E-state index contributed by atoms with van der Waals surface area (Å²) in [6.45, 7) is -0.253. The summed E-state index contributed by atoms with van der Waals surface area (Å²) in [5.41, 5.74) is 0.944. The lowest BCUT2D eigenvalue weighted by atomic mass is 10.3. The Kier molecular flexibility index (Phi) is 1.45. The number of hydrogen-bond acceptors (Lipinski definition) is 0. The first kappa shape index (κ1) is 4.82. The van der Waals surface area contributed by atoms with Crippen LogP contribution < -0.4 is 0 Å². The number of allylic oxidation sites excluding steroid dienone is 2. The van der Waals surface area contributed by atoms with Crippen LogP contribution in [-0.2, 0) is 0 Å². The van der Waals surface area contributed by atoms with Crippen molar-refractivity contribution in [2.75, 3.05) is 6.67 Å². The van der Waals surface area contributed by atoms with E-state index in [-0.39, 0.29) is 6.67 Å². The molecule has 0 fully saturated rings. The first-order valence-electron chi connectivity index (χ1n) is 2.50. The van der Waals surface area contributed by atoms with Crippen molar-refractivity contribution in [2.45, 2.75) is 12.8 Å². The van der Waals surface area contributed by atoms with Gasteiger partial charge in [-0.2, -0.15) is 0 Å². The van der Waals surface area contributed by atoms with Crippen LogP contribution in [0.15, 0.2) is 11.6 Å². The molecule has 0 saturated heterocycles. The monoisotopic (exact) mass is 99.1 g/mol. The topological polar surface area (TPSA) is 0 Å². The molecule has 0 spiro atoms. The molecule has 0 heterocycles. The number of rotatable bonds is 1. The van der Waals surface area contributed by atoms with Crippen molar-refractivity contribution in [3.05, 3.63) is 18.1 Å². The Morgan fingerprint density at radius 2 is 2.57 bits per heavy atom. The molecule has 0 unspecified atom stereocenters. The molecule has 0 aromatic heterocycles. The van der Waals surface area contributed by atoms with Crippen molar-refractivity contribution >= 4 is 0 Å².